The summed E-state index contributed by atoms with van der Waals surface area (Å²) in [5.74, 6) is -1.70. The number of anilines is 1. The highest BCUT2D eigenvalue weighted by atomic mass is 32.2. The molecule has 0 aromatic heterocycles. The van der Waals surface area contributed by atoms with Gasteiger partial charge in [0.25, 0.3) is 10.0 Å². The second-order valence-electron chi connectivity index (χ2n) is 6.49. The molecule has 142 valence electrons. The summed E-state index contributed by atoms with van der Waals surface area (Å²) in [5.41, 5.74) is 2.02. The van der Waals surface area contributed by atoms with Crippen LogP contribution in [-0.4, -0.2) is 30.6 Å². The molecular formula is C19H19FN2O4S. The molecule has 3 rings (SSSR count). The molecule has 1 N–H and O–H groups in total. The van der Waals surface area contributed by atoms with Crippen molar-refractivity contribution in [2.75, 3.05) is 5.32 Å². The Morgan fingerprint density at radius 1 is 1.11 bits per heavy atom. The lowest BCUT2D eigenvalue weighted by atomic mass is 10.1. The summed E-state index contributed by atoms with van der Waals surface area (Å²) in [6.45, 7) is 3.63. The minimum atomic E-state index is -4.16. The van der Waals surface area contributed by atoms with Crippen molar-refractivity contribution in [3.05, 3.63) is 59.4 Å². The Hall–Kier alpha value is -2.74. The van der Waals surface area contributed by atoms with Crippen LogP contribution in [0.25, 0.3) is 0 Å². The molecule has 1 aliphatic rings. The summed E-state index contributed by atoms with van der Waals surface area (Å²) >= 11 is 0. The third kappa shape index (κ3) is 3.71. The van der Waals surface area contributed by atoms with E-state index in [1.165, 1.54) is 36.4 Å². The van der Waals surface area contributed by atoms with Crippen LogP contribution in [0, 0.1) is 19.7 Å². The minimum Gasteiger partial charge on any atom is -0.324 e. The number of halogens is 1. The Morgan fingerprint density at radius 3 is 2.41 bits per heavy atom. The maximum absolute atomic E-state index is 13.0. The Bertz CT molecular complexity index is 1000. The van der Waals surface area contributed by atoms with Crippen molar-refractivity contribution in [2.24, 2.45) is 0 Å². The molecule has 1 aliphatic heterocycles. The minimum absolute atomic E-state index is 0.0274. The van der Waals surface area contributed by atoms with E-state index in [2.05, 4.69) is 5.32 Å². The number of rotatable bonds is 4. The van der Waals surface area contributed by atoms with E-state index in [4.69, 9.17) is 0 Å². The molecule has 0 bridgehead atoms. The fourth-order valence-electron chi connectivity index (χ4n) is 2.95. The molecule has 27 heavy (non-hydrogen) atoms. The number of hydrogen-bond donors (Lipinski definition) is 1. The first-order valence-corrected chi connectivity index (χ1v) is 9.85. The van der Waals surface area contributed by atoms with Crippen molar-refractivity contribution in [3.8, 4) is 0 Å². The molecule has 0 unspecified atom stereocenters. The highest BCUT2D eigenvalue weighted by Crippen LogP contribution is 2.29. The van der Waals surface area contributed by atoms with Gasteiger partial charge in [0.1, 0.15) is 11.9 Å². The van der Waals surface area contributed by atoms with Crippen LogP contribution in [0.5, 0.6) is 0 Å². The Kier molecular flexibility index (Phi) is 5.01. The predicted molar refractivity (Wildman–Crippen MR) is 98.0 cm³/mol. The van der Waals surface area contributed by atoms with Crippen LogP contribution in [0.15, 0.2) is 47.4 Å². The van der Waals surface area contributed by atoms with Gasteiger partial charge < -0.3 is 5.32 Å². The van der Waals surface area contributed by atoms with E-state index in [0.29, 0.717) is 9.99 Å². The molecule has 2 amide bonds. The van der Waals surface area contributed by atoms with E-state index >= 15 is 0 Å². The average Bonchev–Trinajstić information content (AvgIpc) is 3.01. The van der Waals surface area contributed by atoms with Gasteiger partial charge in [0.2, 0.25) is 11.8 Å². The first-order chi connectivity index (χ1) is 12.7. The number of sulfonamides is 1. The van der Waals surface area contributed by atoms with Crippen LogP contribution in [0.3, 0.4) is 0 Å². The highest BCUT2D eigenvalue weighted by Gasteiger charge is 2.44. The summed E-state index contributed by atoms with van der Waals surface area (Å²) in [7, 11) is -4.16. The molecule has 0 radical (unpaired) electrons. The van der Waals surface area contributed by atoms with Gasteiger partial charge in [0.05, 0.1) is 4.90 Å². The predicted octanol–water partition coefficient (Wildman–Crippen LogP) is 2.76. The van der Waals surface area contributed by atoms with E-state index in [9.17, 15) is 22.4 Å². The molecule has 0 saturated carbocycles. The third-order valence-electron chi connectivity index (χ3n) is 4.61. The van der Waals surface area contributed by atoms with Crippen molar-refractivity contribution >= 4 is 27.5 Å². The van der Waals surface area contributed by atoms with E-state index in [-0.39, 0.29) is 17.7 Å². The second-order valence-corrected chi connectivity index (χ2v) is 8.31. The molecule has 6 nitrogen and oxygen atoms in total. The lowest BCUT2D eigenvalue weighted by Gasteiger charge is -2.24. The molecule has 1 saturated heterocycles. The topological polar surface area (TPSA) is 83.6 Å². The van der Waals surface area contributed by atoms with Gasteiger partial charge in [-0.3, -0.25) is 9.59 Å². The SMILES string of the molecule is Cc1ccc(S(=O)(=O)N2C(=O)CC[C@@H]2C(=O)Nc2ccc(F)cc2)cc1C. The standard InChI is InChI=1S/C19H19FN2O4S/c1-12-3-8-16(11-13(12)2)27(25,26)22-17(9-10-18(22)23)19(24)21-15-6-4-14(20)5-7-15/h3-8,11,17H,9-10H2,1-2H3,(H,21,24)/t17-/m1/s1. The molecule has 2 aromatic rings. The number of hydrogen-bond acceptors (Lipinski definition) is 4. The monoisotopic (exact) mass is 390 g/mol. The number of aryl methyl sites for hydroxylation is 2. The summed E-state index contributed by atoms with van der Waals surface area (Å²) < 4.78 is 39.7. The zero-order chi connectivity index (χ0) is 19.8. The van der Waals surface area contributed by atoms with Gasteiger partial charge in [-0.15, -0.1) is 0 Å². The summed E-state index contributed by atoms with van der Waals surface area (Å²) in [4.78, 5) is 24.8. The van der Waals surface area contributed by atoms with Gasteiger partial charge in [-0.05, 0) is 67.8 Å². The maximum atomic E-state index is 13.0. The number of amides is 2. The number of carbonyl (C=O) groups excluding carboxylic acids is 2. The van der Waals surface area contributed by atoms with Gasteiger partial charge in [-0.25, -0.2) is 17.1 Å². The first-order valence-electron chi connectivity index (χ1n) is 8.41. The van der Waals surface area contributed by atoms with Crippen molar-refractivity contribution < 1.29 is 22.4 Å². The number of benzene rings is 2. The molecule has 2 aromatic carbocycles. The maximum Gasteiger partial charge on any atom is 0.267 e. The lowest BCUT2D eigenvalue weighted by molar-refractivity contribution is -0.128. The molecule has 0 aliphatic carbocycles. The number of nitrogens with one attached hydrogen (secondary N) is 1. The Labute approximate surface area is 157 Å². The van der Waals surface area contributed by atoms with Gasteiger partial charge >= 0.3 is 0 Å². The van der Waals surface area contributed by atoms with Crippen LogP contribution >= 0.6 is 0 Å². The average molecular weight is 390 g/mol. The first kappa shape index (κ1) is 19.0. The van der Waals surface area contributed by atoms with Crippen LogP contribution in [0.4, 0.5) is 10.1 Å². The van der Waals surface area contributed by atoms with Crippen molar-refractivity contribution in [1.29, 1.82) is 0 Å². The lowest BCUT2D eigenvalue weighted by Crippen LogP contribution is -2.45. The Morgan fingerprint density at radius 2 is 1.78 bits per heavy atom. The number of carbonyl (C=O) groups is 2. The Balaban J connectivity index is 1.90. The zero-order valence-corrected chi connectivity index (χ0v) is 15.7. The molecular weight excluding hydrogens is 371 g/mol. The molecule has 0 spiro atoms. The van der Waals surface area contributed by atoms with Crippen molar-refractivity contribution in [3.63, 3.8) is 0 Å². The van der Waals surface area contributed by atoms with Crippen LogP contribution < -0.4 is 5.32 Å². The largest absolute Gasteiger partial charge is 0.324 e. The fraction of sp³-hybridized carbons (Fsp3) is 0.263. The number of nitrogens with zero attached hydrogens (tertiary/aromatic N) is 1. The van der Waals surface area contributed by atoms with E-state index in [1.807, 2.05) is 6.92 Å². The molecule has 8 heteroatoms. The van der Waals surface area contributed by atoms with Crippen LogP contribution in [-0.2, 0) is 19.6 Å². The molecule has 1 fully saturated rings. The smallest absolute Gasteiger partial charge is 0.267 e. The van der Waals surface area contributed by atoms with Gasteiger partial charge in [-0.2, -0.15) is 0 Å². The fourth-order valence-corrected chi connectivity index (χ4v) is 4.64. The van der Waals surface area contributed by atoms with Crippen LogP contribution in [0.1, 0.15) is 24.0 Å². The zero-order valence-electron chi connectivity index (χ0n) is 14.9. The molecule has 1 heterocycles. The quantitative estimate of drug-likeness (QED) is 0.870. The van der Waals surface area contributed by atoms with E-state index in [1.54, 1.807) is 13.0 Å². The van der Waals surface area contributed by atoms with Crippen molar-refractivity contribution in [1.82, 2.24) is 4.31 Å². The second kappa shape index (κ2) is 7.11. The normalized spacial score (nSPS) is 17.2. The summed E-state index contributed by atoms with van der Waals surface area (Å²) in [5, 5.41) is 2.54. The van der Waals surface area contributed by atoms with Gasteiger partial charge in [-0.1, -0.05) is 6.07 Å². The third-order valence-corrected chi connectivity index (χ3v) is 6.44. The van der Waals surface area contributed by atoms with Crippen molar-refractivity contribution in [2.45, 2.75) is 37.6 Å². The molecule has 1 atom stereocenters. The summed E-state index contributed by atoms with van der Waals surface area (Å²) in [6, 6.07) is 8.53. The van der Waals surface area contributed by atoms with E-state index in [0.717, 1.165) is 11.1 Å². The highest BCUT2D eigenvalue weighted by molar-refractivity contribution is 7.89. The van der Waals surface area contributed by atoms with Crippen LogP contribution in [0.2, 0.25) is 0 Å². The summed E-state index contributed by atoms with van der Waals surface area (Å²) in [6.07, 6.45) is 0.0571. The van der Waals surface area contributed by atoms with E-state index < -0.39 is 33.7 Å². The van der Waals surface area contributed by atoms with Gasteiger partial charge in [0, 0.05) is 12.1 Å². The van der Waals surface area contributed by atoms with Gasteiger partial charge in [0.15, 0.2) is 0 Å².